The Kier molecular flexibility index (Phi) is 6.96. The van der Waals surface area contributed by atoms with Crippen molar-refractivity contribution in [3.05, 3.63) is 82.5 Å². The van der Waals surface area contributed by atoms with E-state index in [1.54, 1.807) is 48.5 Å². The quantitative estimate of drug-likeness (QED) is 0.159. The molecular weight excluding hydrogens is 574 g/mol. The molecule has 10 heteroatoms. The number of carboxylic acids is 1. The second kappa shape index (κ2) is 10.9. The lowest BCUT2D eigenvalue weighted by molar-refractivity contribution is -0.0138. The number of aromatic carboxylic acids is 1. The fourth-order valence-corrected chi connectivity index (χ4v) is 6.92. The van der Waals surface area contributed by atoms with E-state index in [4.69, 9.17) is 15.2 Å². The van der Waals surface area contributed by atoms with Crippen molar-refractivity contribution in [2.75, 3.05) is 19.7 Å². The Morgan fingerprint density at radius 1 is 1.02 bits per heavy atom. The van der Waals surface area contributed by atoms with Crippen molar-refractivity contribution >= 4 is 34.3 Å². The molecule has 230 valence electrons. The first-order valence-corrected chi connectivity index (χ1v) is 15.3. The summed E-state index contributed by atoms with van der Waals surface area (Å²) in [5.74, 6) is -2.52. The number of rotatable bonds is 8. The molecule has 3 heterocycles. The van der Waals surface area contributed by atoms with Gasteiger partial charge in [-0.15, -0.1) is 0 Å². The summed E-state index contributed by atoms with van der Waals surface area (Å²) >= 11 is 0. The summed E-state index contributed by atoms with van der Waals surface area (Å²) in [7, 11) is 0. The number of H-pyrrole nitrogens is 1. The molecule has 4 aromatic rings. The minimum atomic E-state index is -1.13. The van der Waals surface area contributed by atoms with Crippen LogP contribution in [0.25, 0.3) is 22.0 Å². The van der Waals surface area contributed by atoms with Crippen LogP contribution < -0.4 is 20.5 Å². The number of primary amides is 1. The molecule has 1 aliphatic carbocycles. The molecule has 0 unspecified atom stereocenters. The molecule has 10 nitrogen and oxygen atoms in total. The number of ketones is 2. The van der Waals surface area contributed by atoms with E-state index in [-0.39, 0.29) is 28.4 Å². The molecule has 2 fully saturated rings. The van der Waals surface area contributed by atoms with Gasteiger partial charge in [-0.05, 0) is 86.3 Å². The van der Waals surface area contributed by atoms with E-state index in [2.05, 4.69) is 10.3 Å². The summed E-state index contributed by atoms with van der Waals surface area (Å²) in [5, 5.41) is 13.3. The molecule has 7 rings (SSSR count). The minimum absolute atomic E-state index is 0.128. The summed E-state index contributed by atoms with van der Waals surface area (Å²) < 4.78 is 12.6. The fourth-order valence-electron chi connectivity index (χ4n) is 6.92. The van der Waals surface area contributed by atoms with E-state index in [1.807, 2.05) is 6.92 Å². The highest BCUT2D eigenvalue weighted by Crippen LogP contribution is 2.47. The van der Waals surface area contributed by atoms with Gasteiger partial charge in [0.25, 0.3) is 5.91 Å². The average molecular weight is 608 g/mol. The predicted molar refractivity (Wildman–Crippen MR) is 166 cm³/mol. The first-order chi connectivity index (χ1) is 21.7. The maximum Gasteiger partial charge on any atom is 0.335 e. The number of aromatic nitrogens is 1. The van der Waals surface area contributed by atoms with Gasteiger partial charge in [-0.2, -0.15) is 0 Å². The molecule has 0 radical (unpaired) electrons. The topological polar surface area (TPSA) is 161 Å². The second-order valence-electron chi connectivity index (χ2n) is 12.1. The number of amides is 1. The number of carbonyl (C=O) groups is 4. The van der Waals surface area contributed by atoms with Gasteiger partial charge in [0.15, 0.2) is 11.6 Å². The molecule has 1 atom stereocenters. The number of carboxylic acid groups (broad SMARTS) is 1. The fraction of sp³-hybridized carbons (Fsp3) is 0.314. The van der Waals surface area contributed by atoms with Crippen molar-refractivity contribution in [3.8, 4) is 22.6 Å². The van der Waals surface area contributed by atoms with E-state index in [0.717, 1.165) is 18.5 Å². The lowest BCUT2D eigenvalue weighted by Crippen LogP contribution is -2.58. The SMILES string of the molecule is CCOc1cc(C(=O)[C@@H]2C(=O)c3cc(-c4cccc(C(=O)O)c4)ccc3OC23CCNCC3)cc2[nH]c(C3CC3)c(C(N)=O)c12. The Hall–Kier alpha value is -4.96. The summed E-state index contributed by atoms with van der Waals surface area (Å²) in [6.07, 6.45) is 2.79. The van der Waals surface area contributed by atoms with Crippen LogP contribution in [-0.2, 0) is 0 Å². The third-order valence-corrected chi connectivity index (χ3v) is 9.21. The second-order valence-corrected chi connectivity index (χ2v) is 12.1. The van der Waals surface area contributed by atoms with Gasteiger partial charge >= 0.3 is 5.97 Å². The molecule has 1 spiro atoms. The first kappa shape index (κ1) is 28.8. The van der Waals surface area contributed by atoms with Gasteiger partial charge in [-0.1, -0.05) is 18.2 Å². The van der Waals surface area contributed by atoms with E-state index in [9.17, 15) is 24.3 Å². The summed E-state index contributed by atoms with van der Waals surface area (Å²) in [5.41, 5.74) is 8.42. The highest BCUT2D eigenvalue weighted by molar-refractivity contribution is 6.20. The largest absolute Gasteiger partial charge is 0.493 e. The Balaban J connectivity index is 1.34. The summed E-state index contributed by atoms with van der Waals surface area (Å²) in [4.78, 5) is 56.6. The van der Waals surface area contributed by atoms with Crippen LogP contribution in [0.3, 0.4) is 0 Å². The smallest absolute Gasteiger partial charge is 0.335 e. The van der Waals surface area contributed by atoms with E-state index < -0.39 is 29.2 Å². The van der Waals surface area contributed by atoms with Crippen LogP contribution in [0.1, 0.15) is 85.7 Å². The molecule has 45 heavy (non-hydrogen) atoms. The molecule has 1 saturated heterocycles. The number of Topliss-reactive ketones (excluding diaryl/α,β-unsaturated/α-hetero) is 2. The van der Waals surface area contributed by atoms with Gasteiger partial charge in [0, 0.05) is 24.1 Å². The van der Waals surface area contributed by atoms with Crippen LogP contribution in [0.4, 0.5) is 0 Å². The normalized spacial score (nSPS) is 18.8. The van der Waals surface area contributed by atoms with Crippen molar-refractivity contribution in [2.45, 2.75) is 44.1 Å². The molecule has 1 saturated carbocycles. The number of aromatic amines is 1. The lowest BCUT2D eigenvalue weighted by Gasteiger charge is -2.45. The standard InChI is InChI=1S/C35H33N3O7/c1-2-44-26-17-22(16-24-27(26)28(33(36)41)30(38-24)18-6-7-18)31(39)29-32(40)23-15-20(19-4-3-5-21(14-19)34(42)43)8-9-25(23)45-35(29)10-12-37-13-11-35/h3-5,8-9,14-18,29,37-38H,2,6-7,10-13H2,1H3,(H2,36,41)(H,42,43)/t29-/m1/s1. The van der Waals surface area contributed by atoms with Crippen molar-refractivity contribution in [2.24, 2.45) is 11.7 Å². The van der Waals surface area contributed by atoms with Gasteiger partial charge in [0.2, 0.25) is 0 Å². The highest BCUT2D eigenvalue weighted by atomic mass is 16.5. The molecular formula is C35H33N3O7. The van der Waals surface area contributed by atoms with Gasteiger partial charge in [0.1, 0.15) is 23.0 Å². The maximum absolute atomic E-state index is 14.6. The van der Waals surface area contributed by atoms with Gasteiger partial charge < -0.3 is 30.6 Å². The Bertz CT molecular complexity index is 1900. The number of fused-ring (bicyclic) bond motifs is 2. The van der Waals surface area contributed by atoms with Crippen LogP contribution in [0, 0.1) is 5.92 Å². The van der Waals surface area contributed by atoms with Crippen LogP contribution in [-0.4, -0.2) is 58.8 Å². The van der Waals surface area contributed by atoms with Gasteiger partial charge in [-0.25, -0.2) is 4.79 Å². The van der Waals surface area contributed by atoms with Crippen LogP contribution >= 0.6 is 0 Å². The van der Waals surface area contributed by atoms with Gasteiger partial charge in [0.05, 0.1) is 34.2 Å². The lowest BCUT2D eigenvalue weighted by atomic mass is 9.70. The van der Waals surface area contributed by atoms with Crippen molar-refractivity contribution in [3.63, 3.8) is 0 Å². The van der Waals surface area contributed by atoms with E-state index in [1.165, 1.54) is 6.07 Å². The number of piperidine rings is 1. The van der Waals surface area contributed by atoms with Crippen LogP contribution in [0.15, 0.2) is 54.6 Å². The first-order valence-electron chi connectivity index (χ1n) is 15.3. The van der Waals surface area contributed by atoms with Crippen molar-refractivity contribution < 1.29 is 33.8 Å². The minimum Gasteiger partial charge on any atom is -0.493 e. The van der Waals surface area contributed by atoms with Crippen molar-refractivity contribution in [1.82, 2.24) is 10.3 Å². The number of carbonyl (C=O) groups excluding carboxylic acids is 3. The average Bonchev–Trinajstić information content (AvgIpc) is 3.80. The zero-order valence-electron chi connectivity index (χ0n) is 24.8. The molecule has 3 aliphatic rings. The molecule has 1 amide bonds. The summed E-state index contributed by atoms with van der Waals surface area (Å²) in [6.45, 7) is 3.29. The highest BCUT2D eigenvalue weighted by Gasteiger charge is 2.54. The number of hydrogen-bond donors (Lipinski definition) is 4. The predicted octanol–water partition coefficient (Wildman–Crippen LogP) is 5.10. The molecule has 1 aromatic heterocycles. The Morgan fingerprint density at radius 2 is 1.78 bits per heavy atom. The molecule has 0 bridgehead atoms. The van der Waals surface area contributed by atoms with Crippen LogP contribution in [0.2, 0.25) is 0 Å². The molecule has 2 aliphatic heterocycles. The number of ether oxygens (including phenoxy) is 2. The number of nitrogens with one attached hydrogen (secondary N) is 2. The van der Waals surface area contributed by atoms with Gasteiger partial charge in [-0.3, -0.25) is 14.4 Å². The molecule has 3 aromatic carbocycles. The monoisotopic (exact) mass is 607 g/mol. The van der Waals surface area contributed by atoms with E-state index >= 15 is 0 Å². The number of benzene rings is 3. The molecule has 5 N–H and O–H groups in total. The van der Waals surface area contributed by atoms with Crippen LogP contribution in [0.5, 0.6) is 11.5 Å². The summed E-state index contributed by atoms with van der Waals surface area (Å²) in [6, 6.07) is 15.0. The zero-order valence-corrected chi connectivity index (χ0v) is 24.8. The zero-order chi connectivity index (χ0) is 31.5. The Labute approximate surface area is 258 Å². The maximum atomic E-state index is 14.6. The number of hydrogen-bond acceptors (Lipinski definition) is 7. The number of nitrogens with two attached hydrogens (primary N) is 1. The van der Waals surface area contributed by atoms with Crippen molar-refractivity contribution in [1.29, 1.82) is 0 Å². The Morgan fingerprint density at radius 3 is 2.47 bits per heavy atom. The van der Waals surface area contributed by atoms with E-state index in [0.29, 0.717) is 71.6 Å². The third kappa shape index (κ3) is 4.85. The third-order valence-electron chi connectivity index (χ3n) is 9.21.